The second kappa shape index (κ2) is 8.42. The normalized spacial score (nSPS) is 14.7. The summed E-state index contributed by atoms with van der Waals surface area (Å²) in [5.41, 5.74) is 2.14. The first-order chi connectivity index (χ1) is 13.7. The smallest absolute Gasteiger partial charge is 0.343 e. The van der Waals surface area contributed by atoms with Gasteiger partial charge in [0, 0.05) is 30.3 Å². The van der Waals surface area contributed by atoms with E-state index in [2.05, 4.69) is 4.98 Å². The average Bonchev–Trinajstić information content (AvgIpc) is 3.54. The van der Waals surface area contributed by atoms with Crippen LogP contribution in [0.5, 0.6) is 5.75 Å². The zero-order valence-corrected chi connectivity index (χ0v) is 15.9. The van der Waals surface area contributed by atoms with E-state index in [0.717, 1.165) is 43.4 Å². The SMILES string of the molecule is O=c1oc(CCCCc2ccccn2)cc(O)c1C(c1ccccc1)C1CC1. The maximum Gasteiger partial charge on any atom is 0.343 e. The van der Waals surface area contributed by atoms with Gasteiger partial charge in [-0.25, -0.2) is 4.79 Å². The lowest BCUT2D eigenvalue weighted by atomic mass is 9.87. The van der Waals surface area contributed by atoms with Gasteiger partial charge in [0.15, 0.2) is 0 Å². The van der Waals surface area contributed by atoms with Crippen molar-refractivity contribution in [1.82, 2.24) is 4.98 Å². The molecule has 0 saturated heterocycles. The summed E-state index contributed by atoms with van der Waals surface area (Å²) in [6, 6.07) is 17.5. The van der Waals surface area contributed by atoms with E-state index in [9.17, 15) is 9.90 Å². The van der Waals surface area contributed by atoms with Gasteiger partial charge in [-0.1, -0.05) is 36.4 Å². The highest BCUT2D eigenvalue weighted by molar-refractivity contribution is 5.41. The van der Waals surface area contributed by atoms with Gasteiger partial charge >= 0.3 is 5.63 Å². The average molecular weight is 375 g/mol. The van der Waals surface area contributed by atoms with Crippen molar-refractivity contribution in [3.63, 3.8) is 0 Å². The number of aromatic hydroxyl groups is 1. The molecule has 4 heteroatoms. The minimum absolute atomic E-state index is 0.0664. The van der Waals surface area contributed by atoms with Gasteiger partial charge in [0.2, 0.25) is 0 Å². The minimum Gasteiger partial charge on any atom is -0.507 e. The molecule has 4 rings (SSSR count). The van der Waals surface area contributed by atoms with Gasteiger partial charge in [0.05, 0.1) is 5.56 Å². The lowest BCUT2D eigenvalue weighted by molar-refractivity contribution is 0.400. The molecule has 1 aromatic carbocycles. The van der Waals surface area contributed by atoms with E-state index in [1.54, 1.807) is 12.3 Å². The van der Waals surface area contributed by atoms with E-state index in [1.807, 2.05) is 48.5 Å². The Bertz CT molecular complexity index is 962. The fraction of sp³-hybridized carbons (Fsp3) is 0.333. The Morgan fingerprint density at radius 1 is 1.04 bits per heavy atom. The van der Waals surface area contributed by atoms with Gasteiger partial charge in [-0.2, -0.15) is 0 Å². The van der Waals surface area contributed by atoms with E-state index in [-0.39, 0.29) is 11.7 Å². The van der Waals surface area contributed by atoms with E-state index in [0.29, 0.717) is 23.7 Å². The molecule has 0 amide bonds. The van der Waals surface area contributed by atoms with Crippen LogP contribution in [0.15, 0.2) is 70.0 Å². The maximum atomic E-state index is 12.7. The molecular weight excluding hydrogens is 350 g/mol. The van der Waals surface area contributed by atoms with Crippen molar-refractivity contribution in [3.8, 4) is 5.75 Å². The highest BCUT2D eigenvalue weighted by Gasteiger charge is 2.37. The minimum atomic E-state index is -0.402. The highest BCUT2D eigenvalue weighted by Crippen LogP contribution is 2.47. The fourth-order valence-corrected chi connectivity index (χ4v) is 3.86. The van der Waals surface area contributed by atoms with Crippen LogP contribution in [-0.2, 0) is 12.8 Å². The topological polar surface area (TPSA) is 63.3 Å². The second-order valence-corrected chi connectivity index (χ2v) is 7.55. The lowest BCUT2D eigenvalue weighted by Gasteiger charge is -2.17. The van der Waals surface area contributed by atoms with Gasteiger partial charge < -0.3 is 9.52 Å². The molecule has 1 aliphatic carbocycles. The summed E-state index contributed by atoms with van der Waals surface area (Å²) in [6.07, 6.45) is 7.32. The predicted octanol–water partition coefficient (Wildman–Crippen LogP) is 4.85. The van der Waals surface area contributed by atoms with Gasteiger partial charge in [-0.05, 0) is 55.7 Å². The third kappa shape index (κ3) is 4.33. The molecule has 0 radical (unpaired) electrons. The molecular formula is C24H25NO3. The Morgan fingerprint density at radius 2 is 1.79 bits per heavy atom. The largest absolute Gasteiger partial charge is 0.507 e. The van der Waals surface area contributed by atoms with Crippen molar-refractivity contribution >= 4 is 0 Å². The number of unbranched alkanes of at least 4 members (excludes halogenated alkanes) is 1. The van der Waals surface area contributed by atoms with Crippen LogP contribution in [-0.4, -0.2) is 10.1 Å². The number of benzene rings is 1. The van der Waals surface area contributed by atoms with Crippen molar-refractivity contribution in [2.24, 2.45) is 5.92 Å². The summed E-state index contributed by atoms with van der Waals surface area (Å²) in [4.78, 5) is 17.0. The summed E-state index contributed by atoms with van der Waals surface area (Å²) in [5, 5.41) is 10.6. The van der Waals surface area contributed by atoms with E-state index in [4.69, 9.17) is 4.42 Å². The Morgan fingerprint density at radius 3 is 2.46 bits per heavy atom. The summed E-state index contributed by atoms with van der Waals surface area (Å²) in [5.74, 6) is 0.933. The van der Waals surface area contributed by atoms with Gasteiger partial charge in [-0.3, -0.25) is 4.98 Å². The number of aryl methyl sites for hydroxylation is 2. The van der Waals surface area contributed by atoms with Crippen molar-refractivity contribution in [3.05, 3.63) is 93.8 Å². The Labute approximate surface area is 164 Å². The van der Waals surface area contributed by atoms with Crippen LogP contribution in [0.4, 0.5) is 0 Å². The molecule has 3 aromatic rings. The molecule has 1 N–H and O–H groups in total. The highest BCUT2D eigenvalue weighted by atomic mass is 16.4. The lowest BCUT2D eigenvalue weighted by Crippen LogP contribution is -2.16. The zero-order chi connectivity index (χ0) is 19.3. The van der Waals surface area contributed by atoms with Crippen molar-refractivity contribution in [1.29, 1.82) is 0 Å². The molecule has 2 aromatic heterocycles. The number of nitrogens with zero attached hydrogens (tertiary/aromatic N) is 1. The Kier molecular flexibility index (Phi) is 5.56. The van der Waals surface area contributed by atoms with Crippen LogP contribution in [0.3, 0.4) is 0 Å². The van der Waals surface area contributed by atoms with Crippen LogP contribution in [0.2, 0.25) is 0 Å². The van der Waals surface area contributed by atoms with Crippen LogP contribution in [0.25, 0.3) is 0 Å². The molecule has 1 unspecified atom stereocenters. The molecule has 0 aliphatic heterocycles. The summed E-state index contributed by atoms with van der Waals surface area (Å²) in [6.45, 7) is 0. The fourth-order valence-electron chi connectivity index (χ4n) is 3.86. The molecule has 2 heterocycles. The van der Waals surface area contributed by atoms with E-state index >= 15 is 0 Å². The van der Waals surface area contributed by atoms with Crippen LogP contribution in [0.1, 0.15) is 54.2 Å². The van der Waals surface area contributed by atoms with E-state index < -0.39 is 5.63 Å². The third-order valence-electron chi connectivity index (χ3n) is 5.41. The Balaban J connectivity index is 1.46. The Hall–Kier alpha value is -2.88. The number of hydrogen-bond donors (Lipinski definition) is 1. The number of pyridine rings is 1. The van der Waals surface area contributed by atoms with Gasteiger partial charge in [0.1, 0.15) is 11.5 Å². The molecule has 1 aliphatic rings. The van der Waals surface area contributed by atoms with Crippen LogP contribution >= 0.6 is 0 Å². The molecule has 1 atom stereocenters. The van der Waals surface area contributed by atoms with Gasteiger partial charge in [-0.15, -0.1) is 0 Å². The predicted molar refractivity (Wildman–Crippen MR) is 109 cm³/mol. The van der Waals surface area contributed by atoms with Crippen LogP contribution < -0.4 is 5.63 Å². The van der Waals surface area contributed by atoms with Crippen molar-refractivity contribution in [2.45, 2.75) is 44.4 Å². The molecule has 4 nitrogen and oxygen atoms in total. The molecule has 144 valence electrons. The monoisotopic (exact) mass is 375 g/mol. The molecule has 1 fully saturated rings. The van der Waals surface area contributed by atoms with Crippen molar-refractivity contribution < 1.29 is 9.52 Å². The first-order valence-electron chi connectivity index (χ1n) is 10.0. The summed E-state index contributed by atoms with van der Waals surface area (Å²) in [7, 11) is 0. The molecule has 1 saturated carbocycles. The molecule has 28 heavy (non-hydrogen) atoms. The first-order valence-corrected chi connectivity index (χ1v) is 10.0. The number of hydrogen-bond acceptors (Lipinski definition) is 4. The molecule has 0 bridgehead atoms. The second-order valence-electron chi connectivity index (χ2n) is 7.55. The van der Waals surface area contributed by atoms with Crippen molar-refractivity contribution in [2.75, 3.05) is 0 Å². The summed E-state index contributed by atoms with van der Waals surface area (Å²) >= 11 is 0. The van der Waals surface area contributed by atoms with Crippen LogP contribution in [0, 0.1) is 5.92 Å². The summed E-state index contributed by atoms with van der Waals surface area (Å²) < 4.78 is 5.59. The van der Waals surface area contributed by atoms with Gasteiger partial charge in [0.25, 0.3) is 0 Å². The van der Waals surface area contributed by atoms with E-state index in [1.165, 1.54) is 0 Å². The maximum absolute atomic E-state index is 12.7. The zero-order valence-electron chi connectivity index (χ0n) is 15.9. The third-order valence-corrected chi connectivity index (χ3v) is 5.41. The standard InChI is InChI=1S/C24H25NO3/c26-21-16-20(12-5-4-10-19-11-6-7-15-25-19)28-24(27)23(21)22(18-13-14-18)17-8-2-1-3-9-17/h1-3,6-9,11,15-16,18,22,26H,4-5,10,12-14H2. The first kappa shape index (κ1) is 18.5. The molecule has 0 spiro atoms. The quantitative estimate of drug-likeness (QED) is 0.572. The number of rotatable bonds is 8. The number of aromatic nitrogens is 1.